The number of benzene rings is 1. The van der Waals surface area contributed by atoms with Gasteiger partial charge in [-0.2, -0.15) is 5.26 Å². The molecule has 1 aliphatic heterocycles. The fraction of sp³-hybridized carbons (Fsp3) is 0.533. The van der Waals surface area contributed by atoms with Gasteiger partial charge in [0, 0.05) is 6.54 Å². The van der Waals surface area contributed by atoms with Gasteiger partial charge in [-0.05, 0) is 48.8 Å². The predicted octanol–water partition coefficient (Wildman–Crippen LogP) is 1.90. The van der Waals surface area contributed by atoms with Crippen LogP contribution in [0.25, 0.3) is 0 Å². The summed E-state index contributed by atoms with van der Waals surface area (Å²) in [5, 5.41) is 19.1. The molecule has 1 saturated heterocycles. The van der Waals surface area contributed by atoms with Gasteiger partial charge in [-0.15, -0.1) is 0 Å². The van der Waals surface area contributed by atoms with E-state index in [1.807, 2.05) is 11.0 Å². The molecule has 4 heteroatoms. The van der Waals surface area contributed by atoms with Crippen LogP contribution in [0.15, 0.2) is 18.2 Å². The molecule has 0 unspecified atom stereocenters. The molecule has 2 saturated carbocycles. The molecular formula is C15H15FN2O. The summed E-state index contributed by atoms with van der Waals surface area (Å²) in [5.41, 5.74) is 0.881. The molecule has 1 N–H and O–H groups in total. The van der Waals surface area contributed by atoms with Crippen molar-refractivity contribution in [3.05, 3.63) is 29.6 Å². The molecule has 3 aliphatic rings. The van der Waals surface area contributed by atoms with Gasteiger partial charge < -0.3 is 10.0 Å². The molecule has 2 aliphatic carbocycles. The zero-order valence-corrected chi connectivity index (χ0v) is 10.5. The highest BCUT2D eigenvalue weighted by molar-refractivity contribution is 5.54. The molecule has 1 aromatic rings. The van der Waals surface area contributed by atoms with Crippen molar-refractivity contribution in [1.82, 2.24) is 0 Å². The highest BCUT2D eigenvalue weighted by Crippen LogP contribution is 2.55. The smallest absolute Gasteiger partial charge is 0.147 e. The van der Waals surface area contributed by atoms with Crippen LogP contribution in [-0.2, 0) is 0 Å². The van der Waals surface area contributed by atoms with E-state index in [9.17, 15) is 9.50 Å². The van der Waals surface area contributed by atoms with Crippen LogP contribution in [0.5, 0.6) is 0 Å². The fourth-order valence-electron chi connectivity index (χ4n) is 4.50. The molecule has 3 fully saturated rings. The number of hydrogen-bond donors (Lipinski definition) is 1. The Bertz CT molecular complexity index is 580. The summed E-state index contributed by atoms with van der Waals surface area (Å²) in [6.45, 7) is 0.839. The number of nitrogens with zero attached hydrogens (tertiary/aromatic N) is 2. The Hall–Kier alpha value is -1.60. The third-order valence-electron chi connectivity index (χ3n) is 5.23. The second-order valence-electron chi connectivity index (χ2n) is 6.07. The zero-order chi connectivity index (χ0) is 13.1. The van der Waals surface area contributed by atoms with E-state index < -0.39 is 0 Å². The Kier molecular flexibility index (Phi) is 2.19. The third-order valence-corrected chi connectivity index (χ3v) is 5.23. The maximum atomic E-state index is 14.1. The van der Waals surface area contributed by atoms with Crippen LogP contribution in [0.2, 0.25) is 0 Å². The van der Waals surface area contributed by atoms with Crippen LogP contribution < -0.4 is 4.90 Å². The van der Waals surface area contributed by atoms with Gasteiger partial charge in [-0.1, -0.05) is 0 Å². The van der Waals surface area contributed by atoms with Crippen molar-refractivity contribution >= 4 is 5.69 Å². The van der Waals surface area contributed by atoms with Gasteiger partial charge in [0.2, 0.25) is 0 Å². The number of hydrogen-bond acceptors (Lipinski definition) is 3. The number of aliphatic hydroxyl groups is 1. The maximum Gasteiger partial charge on any atom is 0.147 e. The lowest BCUT2D eigenvalue weighted by Gasteiger charge is -2.30. The van der Waals surface area contributed by atoms with Crippen LogP contribution in [0, 0.1) is 34.9 Å². The molecule has 5 atom stereocenters. The molecule has 1 heterocycles. The van der Waals surface area contributed by atoms with Gasteiger partial charge in [0.1, 0.15) is 5.82 Å². The van der Waals surface area contributed by atoms with Crippen LogP contribution in [-0.4, -0.2) is 23.8 Å². The topological polar surface area (TPSA) is 47.3 Å². The summed E-state index contributed by atoms with van der Waals surface area (Å²) in [4.78, 5) is 2.03. The minimum atomic E-state index is -0.351. The standard InChI is InChI=1S/C15H15FN2O/c16-12-3-8(6-17)1-2-13(12)18-7-10-4-9-5-11(10)14(18)15(9)19/h1-3,9-11,14-15,19H,4-5,7H2/t9-,10-,11+,14-,15+/m0/s1. The zero-order valence-electron chi connectivity index (χ0n) is 10.5. The van der Waals surface area contributed by atoms with Crippen molar-refractivity contribution in [3.8, 4) is 6.07 Å². The minimum absolute atomic E-state index is 0.0752. The molecule has 3 nitrogen and oxygen atoms in total. The van der Waals surface area contributed by atoms with Gasteiger partial charge in [0.05, 0.1) is 29.5 Å². The lowest BCUT2D eigenvalue weighted by Crippen LogP contribution is -2.41. The van der Waals surface area contributed by atoms with Crippen molar-refractivity contribution in [1.29, 1.82) is 5.26 Å². The van der Waals surface area contributed by atoms with Gasteiger partial charge in [-0.3, -0.25) is 0 Å². The molecule has 98 valence electrons. The normalized spacial score (nSPS) is 38.8. The number of halogens is 1. The van der Waals surface area contributed by atoms with E-state index >= 15 is 0 Å². The third kappa shape index (κ3) is 1.39. The number of fused-ring (bicyclic) bond motifs is 1. The number of nitriles is 1. The number of rotatable bonds is 1. The Morgan fingerprint density at radius 2 is 2.16 bits per heavy atom. The van der Waals surface area contributed by atoms with Crippen molar-refractivity contribution in [2.45, 2.75) is 25.0 Å². The van der Waals surface area contributed by atoms with Crippen molar-refractivity contribution in [2.75, 3.05) is 11.4 Å². The molecule has 1 aromatic carbocycles. The average Bonchev–Trinajstić information content (AvgIpc) is 3.00. The van der Waals surface area contributed by atoms with E-state index in [1.165, 1.54) is 6.07 Å². The van der Waals surface area contributed by atoms with Crippen molar-refractivity contribution in [3.63, 3.8) is 0 Å². The molecule has 0 radical (unpaired) electrons. The first-order chi connectivity index (χ1) is 9.19. The maximum absolute atomic E-state index is 14.1. The Morgan fingerprint density at radius 3 is 2.84 bits per heavy atom. The predicted molar refractivity (Wildman–Crippen MR) is 68.0 cm³/mol. The lowest BCUT2D eigenvalue weighted by molar-refractivity contribution is 0.0965. The molecule has 19 heavy (non-hydrogen) atoms. The lowest BCUT2D eigenvalue weighted by atomic mass is 9.88. The van der Waals surface area contributed by atoms with E-state index in [-0.39, 0.29) is 18.0 Å². The SMILES string of the molecule is N#Cc1ccc(N2C[C@@H]3C[C@H]4C[C@H]3[C@H]2[C@@H]4O)c(F)c1. The van der Waals surface area contributed by atoms with E-state index in [2.05, 4.69) is 0 Å². The number of anilines is 1. The fourth-order valence-corrected chi connectivity index (χ4v) is 4.50. The Balaban J connectivity index is 1.73. The van der Waals surface area contributed by atoms with Crippen molar-refractivity contribution < 1.29 is 9.50 Å². The van der Waals surface area contributed by atoms with E-state index in [4.69, 9.17) is 5.26 Å². The summed E-state index contributed by atoms with van der Waals surface area (Å²) in [6, 6.07) is 6.64. The van der Waals surface area contributed by atoms with Gasteiger partial charge >= 0.3 is 0 Å². The van der Waals surface area contributed by atoms with E-state index in [0.717, 1.165) is 19.4 Å². The Labute approximate surface area is 111 Å². The van der Waals surface area contributed by atoms with E-state index in [1.54, 1.807) is 12.1 Å². The van der Waals surface area contributed by atoms with Gasteiger partial charge in [0.25, 0.3) is 0 Å². The van der Waals surface area contributed by atoms with Crippen LogP contribution in [0.3, 0.4) is 0 Å². The molecule has 0 amide bonds. The first-order valence-corrected chi connectivity index (χ1v) is 6.83. The minimum Gasteiger partial charge on any atom is -0.391 e. The summed E-state index contributed by atoms with van der Waals surface area (Å²) in [6.07, 6.45) is 1.85. The van der Waals surface area contributed by atoms with Gasteiger partial charge in [-0.25, -0.2) is 4.39 Å². The van der Waals surface area contributed by atoms with Gasteiger partial charge in [0.15, 0.2) is 0 Å². The first-order valence-electron chi connectivity index (χ1n) is 6.83. The molecular weight excluding hydrogens is 243 g/mol. The summed E-state index contributed by atoms with van der Waals surface area (Å²) >= 11 is 0. The second-order valence-corrected chi connectivity index (χ2v) is 6.07. The van der Waals surface area contributed by atoms with E-state index in [0.29, 0.717) is 29.0 Å². The number of aliphatic hydroxyl groups excluding tert-OH is 1. The monoisotopic (exact) mass is 258 g/mol. The first kappa shape index (κ1) is 11.2. The Morgan fingerprint density at radius 1 is 1.32 bits per heavy atom. The van der Waals surface area contributed by atoms with Crippen molar-refractivity contribution in [2.24, 2.45) is 17.8 Å². The highest BCUT2D eigenvalue weighted by Gasteiger charge is 2.59. The summed E-state index contributed by atoms with van der Waals surface area (Å²) in [7, 11) is 0. The second kappa shape index (κ2) is 3.71. The molecule has 0 aromatic heterocycles. The molecule has 0 spiro atoms. The van der Waals surface area contributed by atoms with Crippen LogP contribution in [0.1, 0.15) is 18.4 Å². The summed E-state index contributed by atoms with van der Waals surface area (Å²) < 4.78 is 14.1. The summed E-state index contributed by atoms with van der Waals surface area (Å²) in [5.74, 6) is 1.19. The quantitative estimate of drug-likeness (QED) is 0.837. The molecule has 4 rings (SSSR count). The largest absolute Gasteiger partial charge is 0.391 e. The molecule has 2 bridgehead atoms. The highest BCUT2D eigenvalue weighted by atomic mass is 19.1. The average molecular weight is 258 g/mol. The van der Waals surface area contributed by atoms with Crippen LogP contribution >= 0.6 is 0 Å². The van der Waals surface area contributed by atoms with Crippen LogP contribution in [0.4, 0.5) is 10.1 Å².